The Morgan fingerprint density at radius 3 is 2.36 bits per heavy atom. The average molecular weight is 670 g/mol. The van der Waals surface area contributed by atoms with Gasteiger partial charge in [0.05, 0.1) is 25.5 Å². The summed E-state index contributed by atoms with van der Waals surface area (Å²) in [7, 11) is -5.85. The molecule has 3 aliphatic rings. The molecule has 3 aliphatic heterocycles. The molecule has 2 unspecified atom stereocenters. The molecule has 0 spiro atoms. The number of rotatable bonds is 10. The minimum Gasteiger partial charge on any atom is -0.352 e. The summed E-state index contributed by atoms with van der Waals surface area (Å²) in [6.07, 6.45) is 3.39. The van der Waals surface area contributed by atoms with Crippen molar-refractivity contribution in [1.82, 2.24) is 14.2 Å². The summed E-state index contributed by atoms with van der Waals surface area (Å²) in [5.41, 5.74) is -0.470. The molecule has 1 N–H and O–H groups in total. The van der Waals surface area contributed by atoms with Crippen LogP contribution in [-0.2, 0) is 18.3 Å². The van der Waals surface area contributed by atoms with Crippen LogP contribution in [0.5, 0.6) is 0 Å². The second-order valence-corrected chi connectivity index (χ2v) is 22.8. The van der Waals surface area contributed by atoms with E-state index in [9.17, 15) is 14.2 Å². The van der Waals surface area contributed by atoms with Crippen LogP contribution in [0, 0.1) is 12.8 Å². The van der Waals surface area contributed by atoms with Gasteiger partial charge in [0.15, 0.2) is 0 Å². The van der Waals surface area contributed by atoms with Crippen LogP contribution < -0.4 is 21.6 Å². The molecule has 4 heterocycles. The molecular formula is C33H45N3O6P2Si. The molecular weight excluding hydrogens is 624 g/mol. The molecule has 0 amide bonds. The number of fused-ring (bicyclic) bond motifs is 1. The highest BCUT2D eigenvalue weighted by atomic mass is 31.2. The van der Waals surface area contributed by atoms with Gasteiger partial charge in [0.25, 0.3) is 14.1 Å². The molecule has 0 saturated carbocycles. The fraction of sp³-hybridized carbons (Fsp3) is 0.515. The zero-order valence-electron chi connectivity index (χ0n) is 26.8. The molecule has 45 heavy (non-hydrogen) atoms. The second-order valence-electron chi connectivity index (χ2n) is 13.7. The van der Waals surface area contributed by atoms with Gasteiger partial charge in [-0.1, -0.05) is 84.5 Å². The van der Waals surface area contributed by atoms with E-state index in [2.05, 4.69) is 76.9 Å². The lowest BCUT2D eigenvalue weighted by molar-refractivity contribution is -0.0393. The van der Waals surface area contributed by atoms with E-state index in [0.29, 0.717) is 24.2 Å². The molecule has 2 aromatic carbocycles. The molecule has 9 nitrogen and oxygen atoms in total. The highest BCUT2D eigenvalue weighted by Crippen LogP contribution is 2.59. The first-order valence-corrected chi connectivity index (χ1v) is 22.6. The Labute approximate surface area is 267 Å². The molecule has 3 aromatic rings. The lowest BCUT2D eigenvalue weighted by Gasteiger charge is -2.32. The van der Waals surface area contributed by atoms with Crippen LogP contribution in [0.4, 0.5) is 0 Å². The molecule has 0 radical (unpaired) electrons. The van der Waals surface area contributed by atoms with Crippen LogP contribution in [0.25, 0.3) is 0 Å². The van der Waals surface area contributed by atoms with E-state index in [1.807, 2.05) is 6.92 Å². The Balaban J connectivity index is 1.27. The van der Waals surface area contributed by atoms with Crippen molar-refractivity contribution in [2.45, 2.75) is 76.3 Å². The Morgan fingerprint density at radius 2 is 1.73 bits per heavy atom. The monoisotopic (exact) mass is 669 g/mol. The highest BCUT2D eigenvalue weighted by molar-refractivity contribution is 7.62. The normalized spacial score (nSPS) is 27.9. The van der Waals surface area contributed by atoms with Crippen molar-refractivity contribution in [1.29, 1.82) is 0 Å². The van der Waals surface area contributed by atoms with Crippen molar-refractivity contribution in [3.8, 4) is 0 Å². The van der Waals surface area contributed by atoms with E-state index in [4.69, 9.17) is 13.8 Å². The molecule has 1 aromatic heterocycles. The number of hydrogen-bond acceptors (Lipinski definition) is 7. The summed E-state index contributed by atoms with van der Waals surface area (Å²) in [6, 6.07) is 23.0. The zero-order chi connectivity index (χ0) is 31.9. The van der Waals surface area contributed by atoms with Gasteiger partial charge in [0.1, 0.15) is 14.3 Å². The van der Waals surface area contributed by atoms with Crippen molar-refractivity contribution >= 4 is 34.1 Å². The Morgan fingerprint density at radius 1 is 1.09 bits per heavy atom. The summed E-state index contributed by atoms with van der Waals surface area (Å²) >= 11 is 0. The summed E-state index contributed by atoms with van der Waals surface area (Å²) in [6.45, 7) is 10.7. The fourth-order valence-corrected chi connectivity index (χ4v) is 15.0. The van der Waals surface area contributed by atoms with Gasteiger partial charge in [-0.15, -0.1) is 0 Å². The maximum Gasteiger partial charge on any atom is 0.330 e. The minimum absolute atomic E-state index is 0.0423. The number of aromatic amines is 1. The van der Waals surface area contributed by atoms with E-state index >= 15 is 0 Å². The number of aromatic nitrogens is 2. The molecule has 0 aliphatic carbocycles. The lowest BCUT2D eigenvalue weighted by Crippen LogP contribution is -2.58. The van der Waals surface area contributed by atoms with E-state index in [-0.39, 0.29) is 24.2 Å². The first-order chi connectivity index (χ1) is 21.4. The van der Waals surface area contributed by atoms with E-state index in [1.165, 1.54) is 14.9 Å². The third kappa shape index (κ3) is 6.94. The maximum absolute atomic E-state index is 12.9. The van der Waals surface area contributed by atoms with Gasteiger partial charge in [-0.05, 0) is 45.1 Å². The van der Waals surface area contributed by atoms with Gasteiger partial charge in [0, 0.05) is 36.9 Å². The first-order valence-electron chi connectivity index (χ1n) is 16.0. The predicted molar refractivity (Wildman–Crippen MR) is 183 cm³/mol. The summed E-state index contributed by atoms with van der Waals surface area (Å²) in [5.74, 6) is -0.0602. The number of nitrogens with one attached hydrogen (secondary N) is 1. The topological polar surface area (TPSA) is 103 Å². The number of ether oxygens (including phenoxy) is 1. The maximum atomic E-state index is 12.9. The van der Waals surface area contributed by atoms with Gasteiger partial charge in [-0.2, -0.15) is 0 Å². The molecule has 7 atom stereocenters. The molecule has 6 rings (SSSR count). The fourth-order valence-electron chi connectivity index (χ4n) is 7.43. The predicted octanol–water partition coefficient (Wildman–Crippen LogP) is 4.76. The van der Waals surface area contributed by atoms with Crippen LogP contribution in [0.2, 0.25) is 12.6 Å². The third-order valence-corrected chi connectivity index (χ3v) is 17.4. The zero-order valence-corrected chi connectivity index (χ0v) is 29.6. The van der Waals surface area contributed by atoms with E-state index in [0.717, 1.165) is 25.4 Å². The van der Waals surface area contributed by atoms with Crippen molar-refractivity contribution in [2.24, 2.45) is 5.92 Å². The summed E-state index contributed by atoms with van der Waals surface area (Å²) < 4.78 is 37.1. The van der Waals surface area contributed by atoms with Gasteiger partial charge >= 0.3 is 5.69 Å². The molecule has 242 valence electrons. The number of hydrogen-bond donors (Lipinski definition) is 1. The molecule has 3 fully saturated rings. The van der Waals surface area contributed by atoms with Gasteiger partial charge in [-0.3, -0.25) is 14.3 Å². The van der Waals surface area contributed by atoms with Crippen molar-refractivity contribution in [2.75, 3.05) is 26.0 Å². The number of aryl methyl sites for hydroxylation is 1. The average Bonchev–Trinajstić information content (AvgIpc) is 3.73. The Bertz CT molecular complexity index is 1610. The molecule has 12 heteroatoms. The Kier molecular flexibility index (Phi) is 9.58. The quantitative estimate of drug-likeness (QED) is 0.245. The summed E-state index contributed by atoms with van der Waals surface area (Å²) in [5, 5.41) is 2.79. The molecule has 0 bridgehead atoms. The third-order valence-electron chi connectivity index (χ3n) is 9.65. The van der Waals surface area contributed by atoms with Gasteiger partial charge < -0.3 is 18.3 Å². The molecule has 3 saturated heterocycles. The van der Waals surface area contributed by atoms with Crippen LogP contribution in [0.15, 0.2) is 76.4 Å². The van der Waals surface area contributed by atoms with Crippen molar-refractivity contribution < 1.29 is 18.3 Å². The first kappa shape index (κ1) is 32.8. The summed E-state index contributed by atoms with van der Waals surface area (Å²) in [4.78, 5) is 27.3. The van der Waals surface area contributed by atoms with Crippen LogP contribution >= 0.6 is 15.7 Å². The minimum atomic E-state index is -2.35. The lowest BCUT2D eigenvalue weighted by atomic mass is 10.0. The van der Waals surface area contributed by atoms with Crippen molar-refractivity contribution in [3.63, 3.8) is 0 Å². The number of H-pyrrole nitrogens is 1. The van der Waals surface area contributed by atoms with Gasteiger partial charge in [-0.25, -0.2) is 9.46 Å². The second kappa shape index (κ2) is 13.2. The van der Waals surface area contributed by atoms with Crippen molar-refractivity contribution in [3.05, 3.63) is 93.3 Å². The van der Waals surface area contributed by atoms with Gasteiger partial charge in [0.2, 0.25) is 0 Å². The Hall–Kier alpha value is -2.16. The van der Waals surface area contributed by atoms with E-state index in [1.54, 1.807) is 26.5 Å². The smallest absolute Gasteiger partial charge is 0.330 e. The van der Waals surface area contributed by atoms with Crippen LogP contribution in [-0.4, -0.2) is 72.7 Å². The number of nitrogens with zero attached hydrogens (tertiary/aromatic N) is 2. The standard InChI is InChI=1S/C33H45N3O6P2Si/c1-23-20-35(33(38)34-32(23)37)30-19-28(31(40-30)24(2)21-44(3,4)39)41-43-36-18-12-17-27(36)29(42-43)22-45(5,25-13-8-6-9-14-25)26-15-10-7-11-16-26/h6-11,13-16,20,24,27-31H,12,17-19,21-22H2,1-5H3,(H,34,37,38)/t24-,27-,28?,29+,30-,31-,43?/m1/s1. The number of benzene rings is 2. The highest BCUT2D eigenvalue weighted by Gasteiger charge is 2.52. The van der Waals surface area contributed by atoms with Crippen LogP contribution in [0.3, 0.4) is 0 Å². The SMILES string of the molecule is Cc1cn([C@H]2CC(OP3O[C@@H](C[Si](C)(c4ccccc4)c4ccccc4)[C@H]4CCCN43)[C@@H]([C@H](C)CP(C)(C)=O)O2)c(=O)[nH]c1=O. The largest absolute Gasteiger partial charge is 0.352 e. The van der Waals surface area contributed by atoms with Crippen LogP contribution in [0.1, 0.15) is 38.0 Å². The van der Waals surface area contributed by atoms with E-state index < -0.39 is 41.2 Å².